The van der Waals surface area contributed by atoms with Gasteiger partial charge in [-0.25, -0.2) is 0 Å². The fourth-order valence-corrected chi connectivity index (χ4v) is 2.31. The van der Waals surface area contributed by atoms with Crippen molar-refractivity contribution in [1.29, 1.82) is 0 Å². The first kappa shape index (κ1) is 16.8. The van der Waals surface area contributed by atoms with E-state index in [0.29, 0.717) is 13.2 Å². The maximum atomic E-state index is 12.6. The van der Waals surface area contributed by atoms with Crippen LogP contribution < -0.4 is 10.1 Å². The summed E-state index contributed by atoms with van der Waals surface area (Å²) in [6.07, 6.45) is -0.233. The first-order chi connectivity index (χ1) is 10.4. The van der Waals surface area contributed by atoms with E-state index in [4.69, 9.17) is 14.2 Å². The normalized spacial score (nSPS) is 25.1. The zero-order valence-corrected chi connectivity index (χ0v) is 13.9. The second-order valence-corrected chi connectivity index (χ2v) is 6.43. The third-order valence-electron chi connectivity index (χ3n) is 3.91. The smallest absolute Gasteiger partial charge is 0.235 e. The molecule has 0 unspecified atom stereocenters. The minimum atomic E-state index is -0.683. The summed E-state index contributed by atoms with van der Waals surface area (Å²) < 4.78 is 16.5. The van der Waals surface area contributed by atoms with Crippen molar-refractivity contribution in [2.45, 2.75) is 34.0 Å². The van der Waals surface area contributed by atoms with E-state index in [1.165, 1.54) is 0 Å². The van der Waals surface area contributed by atoms with Gasteiger partial charge in [-0.2, -0.15) is 0 Å². The van der Waals surface area contributed by atoms with Crippen molar-refractivity contribution >= 4 is 11.6 Å². The lowest BCUT2D eigenvalue weighted by molar-refractivity contribution is -0.237. The van der Waals surface area contributed by atoms with Crippen LogP contribution in [0, 0.1) is 18.3 Å². The number of amides is 1. The first-order valence-electron chi connectivity index (χ1n) is 7.55. The van der Waals surface area contributed by atoms with E-state index in [1.807, 2.05) is 45.9 Å². The molecule has 122 valence electrons. The molecule has 0 aromatic heterocycles. The summed E-state index contributed by atoms with van der Waals surface area (Å²) in [5, 5.41) is 2.96. The van der Waals surface area contributed by atoms with Crippen molar-refractivity contribution in [3.63, 3.8) is 0 Å². The second kappa shape index (κ2) is 6.67. The molecule has 1 heterocycles. The van der Waals surface area contributed by atoms with Crippen LogP contribution in [0.3, 0.4) is 0 Å². The summed E-state index contributed by atoms with van der Waals surface area (Å²) in [6.45, 7) is 8.58. The van der Waals surface area contributed by atoms with E-state index in [0.717, 1.165) is 17.0 Å². The van der Waals surface area contributed by atoms with Gasteiger partial charge in [0.2, 0.25) is 5.91 Å². The molecule has 0 aliphatic carbocycles. The van der Waals surface area contributed by atoms with Crippen LogP contribution in [0.15, 0.2) is 18.2 Å². The topological polar surface area (TPSA) is 56.8 Å². The number of methoxy groups -OCH3 is 1. The lowest BCUT2D eigenvalue weighted by atomic mass is 9.90. The molecule has 0 radical (unpaired) electrons. The molecule has 1 amide bonds. The summed E-state index contributed by atoms with van der Waals surface area (Å²) in [7, 11) is 1.62. The van der Waals surface area contributed by atoms with Gasteiger partial charge in [-0.1, -0.05) is 13.8 Å². The highest BCUT2D eigenvalue weighted by atomic mass is 16.7. The van der Waals surface area contributed by atoms with Crippen LogP contribution in [0.1, 0.15) is 26.3 Å². The minimum absolute atomic E-state index is 0.0945. The number of ether oxygens (including phenoxy) is 3. The molecule has 2 rings (SSSR count). The Kier molecular flexibility index (Phi) is 5.08. The zero-order chi connectivity index (χ0) is 16.3. The average molecular weight is 307 g/mol. The highest BCUT2D eigenvalue weighted by molar-refractivity contribution is 5.96. The number of aryl methyl sites for hydroxylation is 1. The largest absolute Gasteiger partial charge is 0.497 e. The monoisotopic (exact) mass is 307 g/mol. The Morgan fingerprint density at radius 2 is 2.00 bits per heavy atom. The Labute approximate surface area is 131 Å². The maximum Gasteiger partial charge on any atom is 0.235 e. The van der Waals surface area contributed by atoms with E-state index < -0.39 is 5.41 Å². The molecule has 5 nitrogen and oxygen atoms in total. The van der Waals surface area contributed by atoms with Gasteiger partial charge in [0.05, 0.1) is 25.7 Å². The number of nitrogens with one attached hydrogen (secondary N) is 1. The van der Waals surface area contributed by atoms with Crippen LogP contribution in [0.25, 0.3) is 0 Å². The summed E-state index contributed by atoms with van der Waals surface area (Å²) in [5.74, 6) is 0.949. The summed E-state index contributed by atoms with van der Waals surface area (Å²) in [5.41, 5.74) is 1.05. The molecule has 0 atom stereocenters. The zero-order valence-electron chi connectivity index (χ0n) is 13.9. The van der Waals surface area contributed by atoms with Crippen molar-refractivity contribution in [2.75, 3.05) is 25.6 Å². The van der Waals surface area contributed by atoms with Crippen LogP contribution >= 0.6 is 0 Å². The molecule has 0 saturated carbocycles. The van der Waals surface area contributed by atoms with Crippen molar-refractivity contribution in [3.8, 4) is 5.75 Å². The van der Waals surface area contributed by atoms with Gasteiger partial charge in [0.25, 0.3) is 0 Å². The van der Waals surface area contributed by atoms with Crippen LogP contribution in [0.5, 0.6) is 5.75 Å². The molecule has 1 fully saturated rings. The minimum Gasteiger partial charge on any atom is -0.497 e. The summed E-state index contributed by atoms with van der Waals surface area (Å²) in [6, 6.07) is 5.56. The molecule has 5 heteroatoms. The molecule has 22 heavy (non-hydrogen) atoms. The number of carbonyl (C=O) groups is 1. The molecule has 0 spiro atoms. The van der Waals surface area contributed by atoms with Crippen LogP contribution in [-0.4, -0.2) is 32.5 Å². The molecule has 1 aliphatic heterocycles. The second-order valence-electron chi connectivity index (χ2n) is 6.43. The molecular formula is C17H25NO4. The first-order valence-corrected chi connectivity index (χ1v) is 7.55. The molecule has 1 aromatic rings. The Morgan fingerprint density at radius 3 is 2.50 bits per heavy atom. The van der Waals surface area contributed by atoms with E-state index in [9.17, 15) is 4.79 Å². The van der Waals surface area contributed by atoms with Crippen molar-refractivity contribution in [2.24, 2.45) is 11.3 Å². The van der Waals surface area contributed by atoms with Gasteiger partial charge in [0, 0.05) is 11.6 Å². The Morgan fingerprint density at radius 1 is 1.36 bits per heavy atom. The Balaban J connectivity index is 2.03. The Hall–Kier alpha value is -1.59. The van der Waals surface area contributed by atoms with Crippen LogP contribution in [0.4, 0.5) is 5.69 Å². The number of carbonyl (C=O) groups excluding carboxylic acids is 1. The molecule has 1 aromatic carbocycles. The van der Waals surface area contributed by atoms with E-state index >= 15 is 0 Å². The Bertz CT molecular complexity index is 533. The van der Waals surface area contributed by atoms with Gasteiger partial charge in [-0.3, -0.25) is 4.79 Å². The van der Waals surface area contributed by atoms with Gasteiger partial charge in [0.1, 0.15) is 5.75 Å². The van der Waals surface area contributed by atoms with Crippen molar-refractivity contribution < 1.29 is 19.0 Å². The highest BCUT2D eigenvalue weighted by Crippen LogP contribution is 2.29. The molecule has 1 aliphatic rings. The van der Waals surface area contributed by atoms with Crippen LogP contribution in [-0.2, 0) is 14.3 Å². The number of rotatable bonds is 4. The standard InChI is InChI=1S/C17H25NO4/c1-11(2)15-21-9-17(4,10-22-15)16(19)18-14-7-6-13(20-5)8-12(14)3/h6-8,11,15H,9-10H2,1-5H3,(H,18,19). The quantitative estimate of drug-likeness (QED) is 0.929. The van der Waals surface area contributed by atoms with Crippen LogP contribution in [0.2, 0.25) is 0 Å². The maximum absolute atomic E-state index is 12.6. The van der Waals surface area contributed by atoms with Crippen molar-refractivity contribution in [3.05, 3.63) is 23.8 Å². The van der Waals surface area contributed by atoms with Gasteiger partial charge < -0.3 is 19.5 Å². The summed E-state index contributed by atoms with van der Waals surface area (Å²) in [4.78, 5) is 12.6. The third kappa shape index (κ3) is 3.59. The fourth-order valence-electron chi connectivity index (χ4n) is 2.31. The average Bonchev–Trinajstić information content (AvgIpc) is 2.49. The SMILES string of the molecule is COc1ccc(NC(=O)C2(C)COC(C(C)C)OC2)c(C)c1. The summed E-state index contributed by atoms with van der Waals surface area (Å²) >= 11 is 0. The molecular weight excluding hydrogens is 282 g/mol. The lowest BCUT2D eigenvalue weighted by Crippen LogP contribution is -2.48. The number of hydrogen-bond donors (Lipinski definition) is 1. The highest BCUT2D eigenvalue weighted by Gasteiger charge is 2.40. The third-order valence-corrected chi connectivity index (χ3v) is 3.91. The number of hydrogen-bond acceptors (Lipinski definition) is 4. The molecule has 0 bridgehead atoms. The lowest BCUT2D eigenvalue weighted by Gasteiger charge is -2.37. The van der Waals surface area contributed by atoms with Gasteiger partial charge >= 0.3 is 0 Å². The van der Waals surface area contributed by atoms with E-state index in [1.54, 1.807) is 7.11 Å². The van der Waals surface area contributed by atoms with Crippen molar-refractivity contribution in [1.82, 2.24) is 0 Å². The van der Waals surface area contributed by atoms with Gasteiger partial charge in [-0.05, 0) is 37.6 Å². The van der Waals surface area contributed by atoms with E-state index in [-0.39, 0.29) is 18.1 Å². The fraction of sp³-hybridized carbons (Fsp3) is 0.588. The number of benzene rings is 1. The van der Waals surface area contributed by atoms with Gasteiger partial charge in [-0.15, -0.1) is 0 Å². The van der Waals surface area contributed by atoms with Gasteiger partial charge in [0.15, 0.2) is 6.29 Å². The molecule has 1 N–H and O–H groups in total. The predicted octanol–water partition coefficient (Wildman–Crippen LogP) is 2.98. The number of anilines is 1. The molecule has 1 saturated heterocycles. The predicted molar refractivity (Wildman–Crippen MR) is 85.0 cm³/mol. The van der Waals surface area contributed by atoms with E-state index in [2.05, 4.69) is 5.32 Å².